The summed E-state index contributed by atoms with van der Waals surface area (Å²) in [5.41, 5.74) is 3.76. The molecule has 0 radical (unpaired) electrons. The van der Waals surface area contributed by atoms with Crippen molar-refractivity contribution in [2.75, 3.05) is 0 Å². The molecule has 6 nitrogen and oxygen atoms in total. The lowest BCUT2D eigenvalue weighted by atomic mass is 9.94. The van der Waals surface area contributed by atoms with E-state index in [0.29, 0.717) is 11.1 Å². The Morgan fingerprint density at radius 3 is 2.48 bits per heavy atom. The third-order valence-electron chi connectivity index (χ3n) is 4.96. The van der Waals surface area contributed by atoms with Crippen molar-refractivity contribution in [2.45, 2.75) is 6.04 Å². The van der Waals surface area contributed by atoms with E-state index < -0.39 is 11.0 Å². The molecule has 1 aliphatic carbocycles. The topological polar surface area (TPSA) is 75.8 Å². The molecule has 5 rings (SSSR count). The van der Waals surface area contributed by atoms with Crippen LogP contribution in [0.25, 0.3) is 5.70 Å². The lowest BCUT2D eigenvalue weighted by Crippen LogP contribution is -2.30. The van der Waals surface area contributed by atoms with Crippen molar-refractivity contribution in [2.24, 2.45) is 4.99 Å². The van der Waals surface area contributed by atoms with Crippen LogP contribution in [-0.2, 0) is 0 Å². The minimum atomic E-state index is -0.497. The van der Waals surface area contributed by atoms with E-state index in [9.17, 15) is 14.9 Å². The molecule has 0 bridgehead atoms. The van der Waals surface area contributed by atoms with E-state index in [-0.39, 0.29) is 11.5 Å². The third-order valence-corrected chi connectivity index (χ3v) is 4.96. The number of fused-ring (bicyclic) bond motifs is 4. The van der Waals surface area contributed by atoms with Gasteiger partial charge in [0.2, 0.25) is 0 Å². The van der Waals surface area contributed by atoms with Crippen molar-refractivity contribution in [1.82, 2.24) is 4.90 Å². The first kappa shape index (κ1) is 15.5. The lowest BCUT2D eigenvalue weighted by Gasteiger charge is -2.32. The number of carbonyl (C=O) groups is 1. The normalized spacial score (nSPS) is 19.6. The first-order chi connectivity index (χ1) is 13.1. The molecule has 0 fully saturated rings. The van der Waals surface area contributed by atoms with Crippen LogP contribution < -0.4 is 0 Å². The molecule has 2 aliphatic heterocycles. The van der Waals surface area contributed by atoms with Crippen LogP contribution in [0.3, 0.4) is 0 Å². The monoisotopic (exact) mass is 355 g/mol. The van der Waals surface area contributed by atoms with Crippen LogP contribution in [0.5, 0.6) is 0 Å². The predicted molar refractivity (Wildman–Crippen MR) is 101 cm³/mol. The Hall–Kier alpha value is -3.80. The van der Waals surface area contributed by atoms with E-state index in [1.54, 1.807) is 12.1 Å². The summed E-state index contributed by atoms with van der Waals surface area (Å²) in [6.45, 7) is 0. The number of Topliss-reactive ketones (excluding diaryl/α,β-unsaturated/α-hetero) is 1. The van der Waals surface area contributed by atoms with Gasteiger partial charge >= 0.3 is 0 Å². The van der Waals surface area contributed by atoms with E-state index in [1.165, 1.54) is 12.1 Å². The van der Waals surface area contributed by atoms with Crippen molar-refractivity contribution in [1.29, 1.82) is 0 Å². The standard InChI is InChI=1S/C21H13N3O3/c25-21-16-6-2-1-5-15(16)20-18(21)19(22-17-7-3-4-12-23(17)20)13-8-10-14(11-9-13)24(26)27/h1-12,19H. The summed E-state index contributed by atoms with van der Waals surface area (Å²) in [5, 5.41) is 11.0. The maximum Gasteiger partial charge on any atom is 0.269 e. The number of amidine groups is 1. The van der Waals surface area contributed by atoms with Gasteiger partial charge in [0.1, 0.15) is 11.9 Å². The molecule has 2 aromatic rings. The zero-order chi connectivity index (χ0) is 18.5. The molecular weight excluding hydrogens is 342 g/mol. The lowest BCUT2D eigenvalue weighted by molar-refractivity contribution is -0.384. The molecule has 130 valence electrons. The van der Waals surface area contributed by atoms with Crippen LogP contribution in [0, 0.1) is 10.1 Å². The van der Waals surface area contributed by atoms with Crippen molar-refractivity contribution in [3.63, 3.8) is 0 Å². The summed E-state index contributed by atoms with van der Waals surface area (Å²) in [7, 11) is 0. The van der Waals surface area contributed by atoms with Crippen molar-refractivity contribution >= 4 is 23.0 Å². The Morgan fingerprint density at radius 1 is 1.00 bits per heavy atom. The van der Waals surface area contributed by atoms with Gasteiger partial charge in [-0.25, -0.2) is 0 Å². The van der Waals surface area contributed by atoms with Gasteiger partial charge in [0.15, 0.2) is 5.78 Å². The second-order valence-corrected chi connectivity index (χ2v) is 6.45. The molecule has 1 unspecified atom stereocenters. The number of nitrogens with zero attached hydrogens (tertiary/aromatic N) is 3. The van der Waals surface area contributed by atoms with Gasteiger partial charge < -0.3 is 4.90 Å². The van der Waals surface area contributed by atoms with Crippen LogP contribution in [0.15, 0.2) is 83.5 Å². The molecule has 6 heteroatoms. The number of nitro benzene ring substituents is 1. The fourth-order valence-electron chi connectivity index (χ4n) is 3.74. The minimum Gasteiger partial charge on any atom is -0.301 e. The zero-order valence-corrected chi connectivity index (χ0v) is 14.1. The Labute approximate surface area is 154 Å². The van der Waals surface area contributed by atoms with E-state index in [1.807, 2.05) is 53.6 Å². The molecule has 0 saturated heterocycles. The predicted octanol–water partition coefficient (Wildman–Crippen LogP) is 4.04. The highest BCUT2D eigenvalue weighted by atomic mass is 16.6. The molecule has 1 atom stereocenters. The van der Waals surface area contributed by atoms with E-state index in [0.717, 1.165) is 22.7 Å². The molecule has 0 amide bonds. The highest BCUT2D eigenvalue weighted by molar-refractivity contribution is 6.24. The molecule has 3 aliphatic rings. The largest absolute Gasteiger partial charge is 0.301 e. The minimum absolute atomic E-state index is 0.0135. The summed E-state index contributed by atoms with van der Waals surface area (Å²) in [6.07, 6.45) is 7.60. The van der Waals surface area contributed by atoms with Gasteiger partial charge in [-0.05, 0) is 29.8 Å². The molecule has 2 aromatic carbocycles. The number of allylic oxidation sites excluding steroid dienone is 2. The highest BCUT2D eigenvalue weighted by Crippen LogP contribution is 2.46. The Bertz CT molecular complexity index is 1120. The number of hydrogen-bond acceptors (Lipinski definition) is 5. The molecule has 2 heterocycles. The smallest absolute Gasteiger partial charge is 0.269 e. The SMILES string of the molecule is O=C1C2=C(c3ccccc31)N1C=CC=CC1=NC2c1ccc([N+](=O)[O-])cc1. The molecule has 0 N–H and O–H groups in total. The molecule has 0 spiro atoms. The van der Waals surface area contributed by atoms with Gasteiger partial charge in [0.25, 0.3) is 5.69 Å². The molecular formula is C21H13N3O3. The summed E-state index contributed by atoms with van der Waals surface area (Å²) < 4.78 is 0. The molecule has 0 saturated carbocycles. The average Bonchev–Trinajstić information content (AvgIpc) is 3.01. The Morgan fingerprint density at radius 2 is 1.74 bits per heavy atom. The van der Waals surface area contributed by atoms with Crippen LogP contribution in [-0.4, -0.2) is 21.4 Å². The molecule has 0 aromatic heterocycles. The van der Waals surface area contributed by atoms with Crippen molar-refractivity contribution in [3.8, 4) is 0 Å². The number of hydrogen-bond donors (Lipinski definition) is 0. The number of rotatable bonds is 2. The van der Waals surface area contributed by atoms with E-state index >= 15 is 0 Å². The summed E-state index contributed by atoms with van der Waals surface area (Å²) >= 11 is 0. The summed E-state index contributed by atoms with van der Waals surface area (Å²) in [6, 6.07) is 13.3. The fraction of sp³-hybridized carbons (Fsp3) is 0.0476. The van der Waals surface area contributed by atoms with Crippen LogP contribution >= 0.6 is 0 Å². The summed E-state index contributed by atoms with van der Waals surface area (Å²) in [4.78, 5) is 30.4. The quantitative estimate of drug-likeness (QED) is 0.602. The molecule has 27 heavy (non-hydrogen) atoms. The maximum absolute atomic E-state index is 13.2. The van der Waals surface area contributed by atoms with Gasteiger partial charge in [0.05, 0.1) is 16.2 Å². The zero-order valence-electron chi connectivity index (χ0n) is 14.1. The van der Waals surface area contributed by atoms with Gasteiger partial charge in [-0.1, -0.05) is 30.3 Å². The van der Waals surface area contributed by atoms with Crippen molar-refractivity contribution < 1.29 is 9.72 Å². The Kier molecular flexibility index (Phi) is 3.21. The third kappa shape index (κ3) is 2.20. The first-order valence-electron chi connectivity index (χ1n) is 8.49. The van der Waals surface area contributed by atoms with Gasteiger partial charge in [-0.2, -0.15) is 0 Å². The second kappa shape index (κ2) is 5.60. The average molecular weight is 355 g/mol. The number of ketones is 1. The number of carbonyl (C=O) groups excluding carboxylic acids is 1. The van der Waals surface area contributed by atoms with Crippen LogP contribution in [0.1, 0.15) is 27.5 Å². The number of aliphatic imine (C=N–C) groups is 1. The summed E-state index contributed by atoms with van der Waals surface area (Å²) in [5.74, 6) is 0.693. The van der Waals surface area contributed by atoms with Crippen LogP contribution in [0.2, 0.25) is 0 Å². The Balaban J connectivity index is 1.70. The van der Waals surface area contributed by atoms with Gasteiger partial charge in [-0.15, -0.1) is 0 Å². The van der Waals surface area contributed by atoms with Gasteiger partial charge in [-0.3, -0.25) is 19.9 Å². The van der Waals surface area contributed by atoms with Crippen molar-refractivity contribution in [3.05, 3.63) is 105 Å². The van der Waals surface area contributed by atoms with Gasteiger partial charge in [0, 0.05) is 29.5 Å². The number of benzene rings is 2. The highest BCUT2D eigenvalue weighted by Gasteiger charge is 2.41. The van der Waals surface area contributed by atoms with E-state index in [2.05, 4.69) is 0 Å². The first-order valence-corrected chi connectivity index (χ1v) is 8.49. The fourth-order valence-corrected chi connectivity index (χ4v) is 3.74. The number of nitro groups is 1. The van der Waals surface area contributed by atoms with Crippen LogP contribution in [0.4, 0.5) is 5.69 Å². The maximum atomic E-state index is 13.2. The second-order valence-electron chi connectivity index (χ2n) is 6.45. The number of non-ortho nitro benzene ring substituents is 1. The van der Waals surface area contributed by atoms with E-state index in [4.69, 9.17) is 4.99 Å².